The van der Waals surface area contributed by atoms with Gasteiger partial charge in [-0.05, 0) is 67.2 Å². The Balaban J connectivity index is 2.26. The van der Waals surface area contributed by atoms with Gasteiger partial charge in [0.1, 0.15) is 5.60 Å². The molecule has 1 aliphatic rings. The normalized spacial score (nSPS) is 18.3. The van der Waals surface area contributed by atoms with Crippen molar-refractivity contribution in [2.24, 2.45) is 0 Å². The smallest absolute Gasteiger partial charge is 0.410 e. The lowest BCUT2D eigenvalue weighted by molar-refractivity contribution is 0.0119. The molecular formula is C18H24BrClN2O7S. The van der Waals surface area contributed by atoms with Crippen LogP contribution >= 0.6 is 27.5 Å². The SMILES string of the molecule is CC(C)(C)OC(=O)N1CCN(S(=O)(=O)O)[C@@H](CCc2c(C(=O)O)ccc(Br)c2Cl)C1. The van der Waals surface area contributed by atoms with E-state index < -0.39 is 34.0 Å². The van der Waals surface area contributed by atoms with E-state index in [1.165, 1.54) is 17.0 Å². The second-order valence-corrected chi connectivity index (χ2v) is 10.5. The third-order valence-electron chi connectivity index (χ3n) is 4.53. The molecule has 1 aromatic carbocycles. The highest BCUT2D eigenvalue weighted by molar-refractivity contribution is 9.10. The number of carbonyl (C=O) groups is 2. The molecule has 1 saturated heterocycles. The Hall–Kier alpha value is -1.40. The number of hydrogen-bond donors (Lipinski definition) is 2. The minimum Gasteiger partial charge on any atom is -0.478 e. The maximum absolute atomic E-state index is 12.4. The largest absolute Gasteiger partial charge is 0.478 e. The predicted octanol–water partition coefficient (Wildman–Crippen LogP) is 3.46. The number of amides is 1. The molecular weight excluding hydrogens is 504 g/mol. The Morgan fingerprint density at radius 1 is 1.30 bits per heavy atom. The fourth-order valence-electron chi connectivity index (χ4n) is 3.22. The number of ether oxygens (including phenoxy) is 1. The Morgan fingerprint density at radius 2 is 1.93 bits per heavy atom. The van der Waals surface area contributed by atoms with Crippen molar-refractivity contribution in [3.05, 3.63) is 32.8 Å². The second-order valence-electron chi connectivity index (χ2n) is 7.90. The highest BCUT2D eigenvalue weighted by Crippen LogP contribution is 2.31. The molecule has 168 valence electrons. The molecule has 0 radical (unpaired) electrons. The Morgan fingerprint density at radius 3 is 2.47 bits per heavy atom. The summed E-state index contributed by atoms with van der Waals surface area (Å²) in [5.41, 5.74) is -0.378. The molecule has 1 aliphatic heterocycles. The zero-order valence-electron chi connectivity index (χ0n) is 16.8. The average molecular weight is 528 g/mol. The number of carboxylic acid groups (broad SMARTS) is 1. The minimum absolute atomic E-state index is 0.00131. The molecule has 1 aromatic rings. The minimum atomic E-state index is -4.51. The third kappa shape index (κ3) is 6.30. The van der Waals surface area contributed by atoms with Gasteiger partial charge in [-0.25, -0.2) is 9.59 Å². The van der Waals surface area contributed by atoms with Gasteiger partial charge >= 0.3 is 22.4 Å². The van der Waals surface area contributed by atoms with Crippen molar-refractivity contribution in [3.63, 3.8) is 0 Å². The lowest BCUT2D eigenvalue weighted by Crippen LogP contribution is -2.57. The maximum Gasteiger partial charge on any atom is 0.410 e. The first-order chi connectivity index (χ1) is 13.7. The summed E-state index contributed by atoms with van der Waals surface area (Å²) >= 11 is 9.52. The van der Waals surface area contributed by atoms with Crippen molar-refractivity contribution in [2.45, 2.75) is 45.3 Å². The van der Waals surface area contributed by atoms with Crippen LogP contribution in [0.25, 0.3) is 0 Å². The molecule has 0 unspecified atom stereocenters. The summed E-state index contributed by atoms with van der Waals surface area (Å²) in [6.07, 6.45) is -0.330. The monoisotopic (exact) mass is 526 g/mol. The number of piperazine rings is 1. The number of hydrogen-bond acceptors (Lipinski definition) is 5. The Kier molecular flexibility index (Phi) is 7.78. The fourth-order valence-corrected chi connectivity index (χ4v) is 4.71. The maximum atomic E-state index is 12.4. The van der Waals surface area contributed by atoms with E-state index in [0.29, 0.717) is 10.0 Å². The summed E-state index contributed by atoms with van der Waals surface area (Å²) in [6.45, 7) is 5.10. The lowest BCUT2D eigenvalue weighted by atomic mass is 9.99. The van der Waals surface area contributed by atoms with E-state index in [4.69, 9.17) is 16.3 Å². The quantitative estimate of drug-likeness (QED) is 0.562. The van der Waals surface area contributed by atoms with Crippen molar-refractivity contribution in [1.29, 1.82) is 0 Å². The molecule has 0 saturated carbocycles. The van der Waals surface area contributed by atoms with Crippen LogP contribution in [0.2, 0.25) is 5.02 Å². The van der Waals surface area contributed by atoms with Gasteiger partial charge in [-0.15, -0.1) is 0 Å². The van der Waals surface area contributed by atoms with Crippen molar-refractivity contribution >= 4 is 49.9 Å². The molecule has 0 spiro atoms. The van der Waals surface area contributed by atoms with Crippen LogP contribution in [0, 0.1) is 0 Å². The van der Waals surface area contributed by atoms with Gasteiger partial charge in [0.05, 0.1) is 10.6 Å². The summed E-state index contributed by atoms with van der Waals surface area (Å²) < 4.78 is 40.0. The van der Waals surface area contributed by atoms with Gasteiger partial charge < -0.3 is 14.7 Å². The third-order valence-corrected chi connectivity index (χ3v) is 6.93. The second kappa shape index (κ2) is 9.39. The van der Waals surface area contributed by atoms with E-state index in [1.54, 1.807) is 20.8 Å². The fraction of sp³-hybridized carbons (Fsp3) is 0.556. The molecule has 0 aromatic heterocycles. The standard InChI is InChI=1S/C18H24BrClN2O7S/c1-18(2,3)29-17(25)21-8-9-22(30(26,27)28)11(10-21)4-5-12-13(16(23)24)6-7-14(19)15(12)20/h6-7,11H,4-5,8-10H2,1-3H3,(H,23,24)(H,26,27,28)/t11-/m0/s1. The van der Waals surface area contributed by atoms with Gasteiger partial charge in [-0.2, -0.15) is 12.7 Å². The van der Waals surface area contributed by atoms with Gasteiger partial charge in [0.25, 0.3) is 0 Å². The highest BCUT2D eigenvalue weighted by Gasteiger charge is 2.37. The lowest BCUT2D eigenvalue weighted by Gasteiger charge is -2.39. The van der Waals surface area contributed by atoms with Crippen LogP contribution in [0.15, 0.2) is 16.6 Å². The zero-order chi connectivity index (χ0) is 22.9. The molecule has 2 rings (SSSR count). The van der Waals surface area contributed by atoms with E-state index in [9.17, 15) is 27.7 Å². The number of halogens is 2. The summed E-state index contributed by atoms with van der Waals surface area (Å²) in [5, 5.41) is 9.65. The van der Waals surface area contributed by atoms with Crippen molar-refractivity contribution in [3.8, 4) is 0 Å². The topological polar surface area (TPSA) is 124 Å². The number of aromatic carboxylic acids is 1. The molecule has 2 N–H and O–H groups in total. The zero-order valence-corrected chi connectivity index (χ0v) is 19.9. The molecule has 9 nitrogen and oxygen atoms in total. The van der Waals surface area contributed by atoms with E-state index in [1.807, 2.05) is 0 Å². The molecule has 1 amide bonds. The van der Waals surface area contributed by atoms with Crippen LogP contribution in [-0.4, -0.2) is 70.6 Å². The predicted molar refractivity (Wildman–Crippen MR) is 114 cm³/mol. The van der Waals surface area contributed by atoms with Crippen LogP contribution in [0.4, 0.5) is 4.79 Å². The van der Waals surface area contributed by atoms with Crippen molar-refractivity contribution in [1.82, 2.24) is 9.21 Å². The van der Waals surface area contributed by atoms with Crippen molar-refractivity contribution < 1.29 is 32.4 Å². The number of nitrogens with zero attached hydrogens (tertiary/aromatic N) is 2. The average Bonchev–Trinajstić information content (AvgIpc) is 2.60. The van der Waals surface area contributed by atoms with Crippen LogP contribution in [0.3, 0.4) is 0 Å². The number of carbonyl (C=O) groups excluding carboxylic acids is 1. The first kappa shape index (κ1) is 24.9. The number of carboxylic acids is 1. The summed E-state index contributed by atoms with van der Waals surface area (Å²) in [6, 6.07) is 2.14. The van der Waals surface area contributed by atoms with E-state index in [0.717, 1.165) is 4.31 Å². The number of benzene rings is 1. The molecule has 0 bridgehead atoms. The summed E-state index contributed by atoms with van der Waals surface area (Å²) in [7, 11) is -4.51. The van der Waals surface area contributed by atoms with Crippen LogP contribution in [0.1, 0.15) is 43.1 Å². The van der Waals surface area contributed by atoms with Gasteiger partial charge in [-0.1, -0.05) is 11.6 Å². The molecule has 0 aliphatic carbocycles. The molecule has 12 heteroatoms. The van der Waals surface area contributed by atoms with E-state index in [-0.39, 0.29) is 43.1 Å². The molecule has 1 fully saturated rings. The first-order valence-electron chi connectivity index (χ1n) is 9.13. The molecule has 1 heterocycles. The highest BCUT2D eigenvalue weighted by atomic mass is 79.9. The van der Waals surface area contributed by atoms with Crippen LogP contribution in [-0.2, 0) is 21.5 Å². The van der Waals surface area contributed by atoms with Crippen LogP contribution in [0.5, 0.6) is 0 Å². The van der Waals surface area contributed by atoms with Gasteiger partial charge in [0, 0.05) is 30.1 Å². The summed E-state index contributed by atoms with van der Waals surface area (Å²) in [5.74, 6) is -1.16. The van der Waals surface area contributed by atoms with E-state index >= 15 is 0 Å². The van der Waals surface area contributed by atoms with Crippen LogP contribution < -0.4 is 0 Å². The van der Waals surface area contributed by atoms with Gasteiger partial charge in [0.2, 0.25) is 0 Å². The van der Waals surface area contributed by atoms with Crippen molar-refractivity contribution in [2.75, 3.05) is 19.6 Å². The first-order valence-corrected chi connectivity index (χ1v) is 11.7. The van der Waals surface area contributed by atoms with E-state index in [2.05, 4.69) is 15.9 Å². The molecule has 1 atom stereocenters. The number of rotatable bonds is 5. The van der Waals surface area contributed by atoms with Gasteiger partial charge in [-0.3, -0.25) is 4.55 Å². The summed E-state index contributed by atoms with van der Waals surface area (Å²) in [4.78, 5) is 25.3. The van der Waals surface area contributed by atoms with Gasteiger partial charge in [0.15, 0.2) is 0 Å². The Labute approximate surface area is 188 Å². The Bertz CT molecular complexity index is 933. The molecule has 30 heavy (non-hydrogen) atoms.